The van der Waals surface area contributed by atoms with Crippen LogP contribution in [0.2, 0.25) is 5.02 Å². The summed E-state index contributed by atoms with van der Waals surface area (Å²) in [5.41, 5.74) is 2.49. The molecule has 0 bridgehead atoms. The molecule has 0 aliphatic rings. The molecule has 0 amide bonds. The van der Waals surface area contributed by atoms with Crippen LogP contribution in [0.1, 0.15) is 17.2 Å². The Bertz CT molecular complexity index is 496. The van der Waals surface area contributed by atoms with Crippen molar-refractivity contribution in [3.63, 3.8) is 0 Å². The van der Waals surface area contributed by atoms with E-state index in [1.54, 1.807) is 0 Å². The van der Waals surface area contributed by atoms with Gasteiger partial charge in [0.25, 0.3) is 0 Å². The zero-order valence-corrected chi connectivity index (χ0v) is 12.4. The van der Waals surface area contributed by atoms with Crippen molar-refractivity contribution in [2.45, 2.75) is 6.04 Å². The Morgan fingerprint density at radius 2 is 1.76 bits per heavy atom. The van der Waals surface area contributed by atoms with Gasteiger partial charge in [0, 0.05) is 8.59 Å². The van der Waals surface area contributed by atoms with Crippen LogP contribution >= 0.6 is 34.2 Å². The second-order valence-corrected chi connectivity index (χ2v) is 5.51. The van der Waals surface area contributed by atoms with Gasteiger partial charge in [-0.1, -0.05) is 35.9 Å². The van der Waals surface area contributed by atoms with Crippen LogP contribution in [0.15, 0.2) is 48.5 Å². The maximum Gasteiger partial charge on any atom is 0.0574 e. The van der Waals surface area contributed by atoms with E-state index in [0.717, 1.165) is 5.02 Å². The van der Waals surface area contributed by atoms with Gasteiger partial charge in [-0.05, 0) is 65.0 Å². The molecule has 1 unspecified atom stereocenters. The van der Waals surface area contributed by atoms with E-state index in [1.807, 2.05) is 19.2 Å². The van der Waals surface area contributed by atoms with Gasteiger partial charge in [0.1, 0.15) is 0 Å². The zero-order valence-electron chi connectivity index (χ0n) is 9.45. The van der Waals surface area contributed by atoms with E-state index in [4.69, 9.17) is 11.6 Å². The lowest BCUT2D eigenvalue weighted by atomic mass is 9.99. The number of halogens is 2. The van der Waals surface area contributed by atoms with Crippen LogP contribution in [-0.2, 0) is 0 Å². The van der Waals surface area contributed by atoms with Crippen molar-refractivity contribution in [1.82, 2.24) is 5.32 Å². The van der Waals surface area contributed by atoms with Crippen LogP contribution in [0.4, 0.5) is 0 Å². The summed E-state index contributed by atoms with van der Waals surface area (Å²) in [6.07, 6.45) is 0. The highest BCUT2D eigenvalue weighted by atomic mass is 127. The molecule has 2 aromatic rings. The predicted molar refractivity (Wildman–Crippen MR) is 81.5 cm³/mol. The summed E-state index contributed by atoms with van der Waals surface area (Å²) in [6.45, 7) is 0. The molecule has 0 spiro atoms. The summed E-state index contributed by atoms with van der Waals surface area (Å²) in [5.74, 6) is 0. The third-order valence-corrected chi connectivity index (χ3v) is 3.60. The average Bonchev–Trinajstić information content (AvgIpc) is 2.33. The first-order valence-electron chi connectivity index (χ1n) is 5.39. The molecule has 0 aromatic heterocycles. The fraction of sp³-hybridized carbons (Fsp3) is 0.143. The van der Waals surface area contributed by atoms with Gasteiger partial charge in [0.15, 0.2) is 0 Å². The van der Waals surface area contributed by atoms with Crippen molar-refractivity contribution in [3.8, 4) is 0 Å². The third kappa shape index (κ3) is 3.21. The van der Waals surface area contributed by atoms with Gasteiger partial charge in [-0.3, -0.25) is 0 Å². The van der Waals surface area contributed by atoms with Crippen LogP contribution in [0.3, 0.4) is 0 Å². The summed E-state index contributed by atoms with van der Waals surface area (Å²) in [4.78, 5) is 0. The van der Waals surface area contributed by atoms with Crippen LogP contribution in [-0.4, -0.2) is 7.05 Å². The number of rotatable bonds is 3. The Morgan fingerprint density at radius 3 is 2.35 bits per heavy atom. The van der Waals surface area contributed by atoms with E-state index in [1.165, 1.54) is 14.7 Å². The van der Waals surface area contributed by atoms with Crippen molar-refractivity contribution in [2.75, 3.05) is 7.05 Å². The highest BCUT2D eigenvalue weighted by Crippen LogP contribution is 2.24. The van der Waals surface area contributed by atoms with Crippen molar-refractivity contribution in [1.29, 1.82) is 0 Å². The number of hydrogen-bond donors (Lipinski definition) is 1. The summed E-state index contributed by atoms with van der Waals surface area (Å²) >= 11 is 8.24. The van der Waals surface area contributed by atoms with Gasteiger partial charge in [-0.15, -0.1) is 0 Å². The molecule has 0 aliphatic heterocycles. The molecule has 0 radical (unpaired) electrons. The predicted octanol–water partition coefficient (Wildman–Crippen LogP) is 4.25. The molecule has 0 saturated carbocycles. The van der Waals surface area contributed by atoms with Gasteiger partial charge in [-0.25, -0.2) is 0 Å². The number of benzene rings is 2. The van der Waals surface area contributed by atoms with Gasteiger partial charge in [-0.2, -0.15) is 0 Å². The van der Waals surface area contributed by atoms with Crippen LogP contribution in [0.5, 0.6) is 0 Å². The minimum Gasteiger partial charge on any atom is -0.309 e. The van der Waals surface area contributed by atoms with E-state index < -0.39 is 0 Å². The summed E-state index contributed by atoms with van der Waals surface area (Å²) in [7, 11) is 1.97. The monoisotopic (exact) mass is 357 g/mol. The molecule has 0 heterocycles. The van der Waals surface area contributed by atoms with E-state index in [-0.39, 0.29) is 6.04 Å². The van der Waals surface area contributed by atoms with Gasteiger partial charge >= 0.3 is 0 Å². The standard InChI is InChI=1S/C14H13ClIN/c1-17-14(10-5-7-12(15)8-6-10)11-3-2-4-13(16)9-11/h2-9,14,17H,1H3. The Kier molecular flexibility index (Phi) is 4.42. The van der Waals surface area contributed by atoms with Crippen molar-refractivity contribution in [2.24, 2.45) is 0 Å². The molecular formula is C14H13ClIN. The Labute approximate surface area is 120 Å². The Hall–Kier alpha value is -0.580. The largest absolute Gasteiger partial charge is 0.309 e. The molecule has 0 saturated heterocycles. The molecule has 1 N–H and O–H groups in total. The van der Waals surface area contributed by atoms with Crippen molar-refractivity contribution >= 4 is 34.2 Å². The molecule has 2 rings (SSSR count). The zero-order chi connectivity index (χ0) is 12.3. The minimum absolute atomic E-state index is 0.210. The van der Waals surface area contributed by atoms with E-state index in [9.17, 15) is 0 Å². The van der Waals surface area contributed by atoms with Crippen LogP contribution < -0.4 is 5.32 Å². The van der Waals surface area contributed by atoms with Crippen molar-refractivity contribution in [3.05, 3.63) is 68.3 Å². The first-order chi connectivity index (χ1) is 8.20. The van der Waals surface area contributed by atoms with E-state index >= 15 is 0 Å². The van der Waals surface area contributed by atoms with Gasteiger partial charge < -0.3 is 5.32 Å². The highest BCUT2D eigenvalue weighted by Gasteiger charge is 2.11. The number of hydrogen-bond acceptors (Lipinski definition) is 1. The quantitative estimate of drug-likeness (QED) is 0.810. The fourth-order valence-corrected chi connectivity index (χ4v) is 2.56. The normalized spacial score (nSPS) is 12.4. The first-order valence-corrected chi connectivity index (χ1v) is 6.84. The summed E-state index contributed by atoms with van der Waals surface area (Å²) in [5, 5.41) is 4.10. The molecule has 0 aliphatic carbocycles. The van der Waals surface area contributed by atoms with E-state index in [0.29, 0.717) is 0 Å². The molecule has 17 heavy (non-hydrogen) atoms. The topological polar surface area (TPSA) is 12.0 Å². The Balaban J connectivity index is 2.36. The maximum atomic E-state index is 5.91. The smallest absolute Gasteiger partial charge is 0.0574 e. The molecule has 88 valence electrons. The average molecular weight is 358 g/mol. The maximum absolute atomic E-state index is 5.91. The molecule has 2 aromatic carbocycles. The van der Waals surface area contributed by atoms with Crippen LogP contribution in [0, 0.1) is 3.57 Å². The third-order valence-electron chi connectivity index (χ3n) is 2.67. The first kappa shape index (κ1) is 12.9. The number of nitrogens with one attached hydrogen (secondary N) is 1. The summed E-state index contributed by atoms with van der Waals surface area (Å²) in [6, 6.07) is 16.7. The molecule has 3 heteroatoms. The highest BCUT2D eigenvalue weighted by molar-refractivity contribution is 14.1. The molecule has 1 nitrogen and oxygen atoms in total. The van der Waals surface area contributed by atoms with Crippen molar-refractivity contribution < 1.29 is 0 Å². The minimum atomic E-state index is 0.210. The molecule has 0 fully saturated rings. The van der Waals surface area contributed by atoms with Gasteiger partial charge in [0.2, 0.25) is 0 Å². The fourth-order valence-electron chi connectivity index (χ4n) is 1.87. The van der Waals surface area contributed by atoms with Crippen LogP contribution in [0.25, 0.3) is 0 Å². The molecular weight excluding hydrogens is 345 g/mol. The second kappa shape index (κ2) is 5.85. The summed E-state index contributed by atoms with van der Waals surface area (Å²) < 4.78 is 1.24. The van der Waals surface area contributed by atoms with Gasteiger partial charge in [0.05, 0.1) is 6.04 Å². The SMILES string of the molecule is CNC(c1ccc(Cl)cc1)c1cccc(I)c1. The lowest BCUT2D eigenvalue weighted by molar-refractivity contribution is 0.691. The second-order valence-electron chi connectivity index (χ2n) is 3.83. The molecule has 1 atom stereocenters. The van der Waals surface area contributed by atoms with E-state index in [2.05, 4.69) is 64.3 Å². The lowest BCUT2D eigenvalue weighted by Crippen LogP contribution is -2.17. The lowest BCUT2D eigenvalue weighted by Gasteiger charge is -2.17. The Morgan fingerprint density at radius 1 is 1.06 bits per heavy atom.